The molecule has 29 heavy (non-hydrogen) atoms. The van der Waals surface area contributed by atoms with E-state index in [4.69, 9.17) is 18.9 Å². The minimum atomic E-state index is -0.898. The van der Waals surface area contributed by atoms with Crippen LogP contribution in [-0.4, -0.2) is 51.8 Å². The highest BCUT2D eigenvalue weighted by Gasteiger charge is 2.23. The molecule has 8 nitrogen and oxygen atoms in total. The second-order valence-electron chi connectivity index (χ2n) is 6.01. The Kier molecular flexibility index (Phi) is 8.02. The standard InChI is InChI=1S/C21H23NO7/c1-26-16-10-15(11-17(12-16)27-2)20(24)29-13-19(23)22-18(21(25)28-3)9-14-7-5-4-6-8-14/h4-8,10-12,18H,9,13H2,1-3H3,(H,22,23)/t18-/m1/s1. The number of hydrogen-bond acceptors (Lipinski definition) is 7. The first-order valence-electron chi connectivity index (χ1n) is 8.78. The van der Waals surface area contributed by atoms with Crippen LogP contribution in [0.25, 0.3) is 0 Å². The van der Waals surface area contributed by atoms with Gasteiger partial charge in [-0.2, -0.15) is 0 Å². The molecule has 0 radical (unpaired) electrons. The molecule has 0 heterocycles. The number of carbonyl (C=O) groups is 3. The molecule has 0 spiro atoms. The topological polar surface area (TPSA) is 100 Å². The smallest absolute Gasteiger partial charge is 0.338 e. The molecule has 0 aliphatic carbocycles. The summed E-state index contributed by atoms with van der Waals surface area (Å²) >= 11 is 0. The van der Waals surface area contributed by atoms with Gasteiger partial charge in [-0.1, -0.05) is 30.3 Å². The predicted molar refractivity (Wildman–Crippen MR) is 104 cm³/mol. The number of amides is 1. The van der Waals surface area contributed by atoms with Gasteiger partial charge in [-0.3, -0.25) is 4.79 Å². The molecule has 8 heteroatoms. The molecule has 2 aromatic rings. The number of nitrogens with one attached hydrogen (secondary N) is 1. The highest BCUT2D eigenvalue weighted by molar-refractivity contribution is 5.93. The summed E-state index contributed by atoms with van der Waals surface area (Å²) in [7, 11) is 4.15. The number of ether oxygens (including phenoxy) is 4. The lowest BCUT2D eigenvalue weighted by Crippen LogP contribution is -2.44. The summed E-state index contributed by atoms with van der Waals surface area (Å²) in [5.41, 5.74) is 1.02. The first-order valence-corrected chi connectivity index (χ1v) is 8.78. The summed E-state index contributed by atoms with van der Waals surface area (Å²) in [5.74, 6) is -1.12. The van der Waals surface area contributed by atoms with Gasteiger partial charge >= 0.3 is 11.9 Å². The van der Waals surface area contributed by atoms with Gasteiger partial charge in [0.2, 0.25) is 0 Å². The molecule has 0 aliphatic rings. The van der Waals surface area contributed by atoms with Gasteiger partial charge < -0.3 is 24.3 Å². The van der Waals surface area contributed by atoms with Crippen LogP contribution < -0.4 is 14.8 Å². The van der Waals surface area contributed by atoms with Crippen LogP contribution >= 0.6 is 0 Å². The second-order valence-corrected chi connectivity index (χ2v) is 6.01. The molecular weight excluding hydrogens is 378 g/mol. The van der Waals surface area contributed by atoms with Gasteiger partial charge in [-0.05, 0) is 17.7 Å². The molecule has 0 fully saturated rings. The van der Waals surface area contributed by atoms with Crippen LogP contribution in [0.2, 0.25) is 0 Å². The Morgan fingerprint density at radius 3 is 2.10 bits per heavy atom. The van der Waals surface area contributed by atoms with Gasteiger partial charge in [0.1, 0.15) is 17.5 Å². The van der Waals surface area contributed by atoms with Gasteiger partial charge in [0.15, 0.2) is 6.61 Å². The minimum absolute atomic E-state index is 0.169. The highest BCUT2D eigenvalue weighted by atomic mass is 16.5. The van der Waals surface area contributed by atoms with Crippen molar-refractivity contribution in [2.24, 2.45) is 0 Å². The fourth-order valence-corrected chi connectivity index (χ4v) is 2.56. The molecule has 154 valence electrons. The van der Waals surface area contributed by atoms with Gasteiger partial charge in [0.25, 0.3) is 5.91 Å². The van der Waals surface area contributed by atoms with E-state index in [1.54, 1.807) is 6.07 Å². The number of hydrogen-bond donors (Lipinski definition) is 1. The Morgan fingerprint density at radius 2 is 1.55 bits per heavy atom. The summed E-state index contributed by atoms with van der Waals surface area (Å²) in [5, 5.41) is 2.53. The van der Waals surface area contributed by atoms with Crippen molar-refractivity contribution in [2.75, 3.05) is 27.9 Å². The lowest BCUT2D eigenvalue weighted by Gasteiger charge is -2.16. The van der Waals surface area contributed by atoms with Crippen molar-refractivity contribution < 1.29 is 33.3 Å². The summed E-state index contributed by atoms with van der Waals surface area (Å²) in [6.07, 6.45) is 0.250. The SMILES string of the molecule is COC(=O)[C@@H](Cc1ccccc1)NC(=O)COC(=O)c1cc(OC)cc(OC)c1. The van der Waals surface area contributed by atoms with Crippen LogP contribution in [0.3, 0.4) is 0 Å². The molecule has 0 unspecified atom stereocenters. The predicted octanol–water partition coefficient (Wildman–Crippen LogP) is 1.76. The van der Waals surface area contributed by atoms with E-state index < -0.39 is 30.5 Å². The number of esters is 2. The van der Waals surface area contributed by atoms with Crippen LogP contribution in [0.1, 0.15) is 15.9 Å². The van der Waals surface area contributed by atoms with Crippen LogP contribution in [0, 0.1) is 0 Å². The lowest BCUT2D eigenvalue weighted by molar-refractivity contribution is -0.145. The van der Waals surface area contributed by atoms with Crippen LogP contribution in [0.4, 0.5) is 0 Å². The van der Waals surface area contributed by atoms with E-state index in [1.165, 1.54) is 33.5 Å². The monoisotopic (exact) mass is 401 g/mol. The van der Waals surface area contributed by atoms with E-state index in [9.17, 15) is 14.4 Å². The maximum absolute atomic E-state index is 12.2. The quantitative estimate of drug-likeness (QED) is 0.639. The van der Waals surface area contributed by atoms with Gasteiger partial charge in [0.05, 0.1) is 26.9 Å². The molecule has 1 N–H and O–H groups in total. The number of methoxy groups -OCH3 is 3. The Labute approximate surface area is 168 Å². The third kappa shape index (κ3) is 6.53. The highest BCUT2D eigenvalue weighted by Crippen LogP contribution is 2.22. The second kappa shape index (κ2) is 10.7. The molecular formula is C21H23NO7. The average molecular weight is 401 g/mol. The number of carbonyl (C=O) groups excluding carboxylic acids is 3. The van der Waals surface area contributed by atoms with Gasteiger partial charge in [-0.25, -0.2) is 9.59 Å². The zero-order valence-corrected chi connectivity index (χ0v) is 16.5. The van der Waals surface area contributed by atoms with E-state index in [2.05, 4.69) is 5.32 Å². The molecule has 0 aromatic heterocycles. The molecule has 0 aliphatic heterocycles. The maximum atomic E-state index is 12.2. The summed E-state index contributed by atoms with van der Waals surface area (Å²) in [6, 6.07) is 12.8. The van der Waals surface area contributed by atoms with E-state index >= 15 is 0 Å². The molecule has 0 saturated heterocycles. The Bertz CT molecular complexity index is 829. The van der Waals surface area contributed by atoms with Gasteiger partial charge in [0, 0.05) is 12.5 Å². The van der Waals surface area contributed by atoms with E-state index in [1.807, 2.05) is 30.3 Å². The van der Waals surface area contributed by atoms with Crippen molar-refractivity contribution >= 4 is 17.8 Å². The average Bonchev–Trinajstić information content (AvgIpc) is 2.76. The molecule has 2 rings (SSSR count). The first-order chi connectivity index (χ1) is 14.0. The van der Waals surface area contributed by atoms with Gasteiger partial charge in [-0.15, -0.1) is 0 Å². The summed E-state index contributed by atoms with van der Waals surface area (Å²) in [6.45, 7) is -0.555. The first kappa shape index (κ1) is 21.7. The Balaban J connectivity index is 1.97. The fraction of sp³-hybridized carbons (Fsp3) is 0.286. The van der Waals surface area contributed by atoms with Crippen molar-refractivity contribution in [3.63, 3.8) is 0 Å². The van der Waals surface area contributed by atoms with Crippen LogP contribution in [0.5, 0.6) is 11.5 Å². The zero-order valence-electron chi connectivity index (χ0n) is 16.5. The van der Waals surface area contributed by atoms with Crippen molar-refractivity contribution in [2.45, 2.75) is 12.5 Å². The largest absolute Gasteiger partial charge is 0.497 e. The third-order valence-electron chi connectivity index (χ3n) is 4.03. The molecule has 0 bridgehead atoms. The molecule has 1 amide bonds. The van der Waals surface area contributed by atoms with Crippen molar-refractivity contribution in [3.8, 4) is 11.5 Å². The maximum Gasteiger partial charge on any atom is 0.338 e. The van der Waals surface area contributed by atoms with Crippen molar-refractivity contribution in [1.29, 1.82) is 0 Å². The van der Waals surface area contributed by atoms with Crippen LogP contribution in [0.15, 0.2) is 48.5 Å². The Morgan fingerprint density at radius 1 is 0.931 bits per heavy atom. The van der Waals surface area contributed by atoms with Crippen molar-refractivity contribution in [1.82, 2.24) is 5.32 Å². The van der Waals surface area contributed by atoms with E-state index in [-0.39, 0.29) is 12.0 Å². The summed E-state index contributed by atoms with van der Waals surface area (Å²) in [4.78, 5) is 36.4. The number of benzene rings is 2. The Hall–Kier alpha value is -3.55. The number of rotatable bonds is 9. The molecule has 2 aromatic carbocycles. The minimum Gasteiger partial charge on any atom is -0.497 e. The normalized spacial score (nSPS) is 11.1. The summed E-state index contributed by atoms with van der Waals surface area (Å²) < 4.78 is 20.0. The molecule has 0 saturated carbocycles. The van der Waals surface area contributed by atoms with Crippen molar-refractivity contribution in [3.05, 3.63) is 59.7 Å². The fourth-order valence-electron chi connectivity index (χ4n) is 2.56. The van der Waals surface area contributed by atoms with Crippen LogP contribution in [-0.2, 0) is 25.5 Å². The zero-order chi connectivity index (χ0) is 21.2. The third-order valence-corrected chi connectivity index (χ3v) is 4.03. The lowest BCUT2D eigenvalue weighted by atomic mass is 10.1. The van der Waals surface area contributed by atoms with E-state index in [0.717, 1.165) is 5.56 Å². The van der Waals surface area contributed by atoms with E-state index in [0.29, 0.717) is 11.5 Å². The molecule has 1 atom stereocenters.